The van der Waals surface area contributed by atoms with E-state index in [1.165, 1.54) is 72.8 Å². The van der Waals surface area contributed by atoms with E-state index in [4.69, 9.17) is 10.5 Å². The summed E-state index contributed by atoms with van der Waals surface area (Å²) >= 11 is 0. The van der Waals surface area contributed by atoms with Gasteiger partial charge in [-0.1, -0.05) is 91.0 Å². The maximum absolute atomic E-state index is 14.5. The number of Topliss-reactive ketones (excluding diaryl/α,β-unsaturated/α-hetero) is 3. The van der Waals surface area contributed by atoms with Crippen LogP contribution in [0.5, 0.6) is 0 Å². The summed E-state index contributed by atoms with van der Waals surface area (Å²) in [4.78, 5) is 60.1. The van der Waals surface area contributed by atoms with E-state index in [1.807, 2.05) is 0 Å². The molecule has 1 aromatic heterocycles. The number of ether oxygens (including phenoxy) is 1. The molecule has 5 rings (SSSR count). The number of carbonyl (C=O) groups is 3. The minimum atomic E-state index is -3.55. The molecule has 0 aliphatic carbocycles. The fourth-order valence-corrected chi connectivity index (χ4v) is 5.28. The Morgan fingerprint density at radius 3 is 1.71 bits per heavy atom. The van der Waals surface area contributed by atoms with Gasteiger partial charge in [-0.2, -0.15) is 4.98 Å². The van der Waals surface area contributed by atoms with E-state index >= 15 is 0 Å². The second-order valence-corrected chi connectivity index (χ2v) is 9.50. The fourth-order valence-electron chi connectivity index (χ4n) is 5.28. The molecule has 1 saturated heterocycles. The van der Waals surface area contributed by atoms with Crippen LogP contribution in [-0.4, -0.2) is 66.1 Å². The molecular formula is C30H25N3O8. The summed E-state index contributed by atoms with van der Waals surface area (Å²) in [5, 5.41) is 35.5. The Kier molecular flexibility index (Phi) is 6.97. The van der Waals surface area contributed by atoms with Gasteiger partial charge in [0.15, 0.2) is 5.60 Å². The molecule has 5 N–H and O–H groups in total. The number of benzene rings is 3. The molecule has 1 aliphatic rings. The maximum Gasteiger partial charge on any atom is 0.352 e. The average molecular weight is 556 g/mol. The maximum atomic E-state index is 14.5. The first-order valence-corrected chi connectivity index (χ1v) is 12.5. The minimum absolute atomic E-state index is 0.149. The Bertz CT molecular complexity index is 1680. The van der Waals surface area contributed by atoms with Crippen LogP contribution in [0, 0.1) is 0 Å². The number of hydrogen-bond acceptors (Lipinski definition) is 10. The highest BCUT2D eigenvalue weighted by atomic mass is 16.6. The summed E-state index contributed by atoms with van der Waals surface area (Å²) in [6.07, 6.45) is -1.12. The first-order valence-electron chi connectivity index (χ1n) is 12.5. The van der Waals surface area contributed by atoms with Crippen LogP contribution in [0.1, 0.15) is 31.1 Å². The Balaban J connectivity index is 1.93. The SMILES string of the molecule is Nc1ccn([C@]2(C(=O)c3ccccc3)O[C@H](CO)[C@](O)(C(=O)c3ccccc3)[C@]2(O)C(=O)c2ccccc2)c(=O)n1. The summed E-state index contributed by atoms with van der Waals surface area (Å²) in [6, 6.07) is 22.7. The molecule has 0 bridgehead atoms. The zero-order valence-electron chi connectivity index (χ0n) is 21.5. The summed E-state index contributed by atoms with van der Waals surface area (Å²) in [5.74, 6) is -3.98. The van der Waals surface area contributed by atoms with E-state index in [-0.39, 0.29) is 22.5 Å². The lowest BCUT2D eigenvalue weighted by atomic mass is 9.66. The minimum Gasteiger partial charge on any atom is -0.394 e. The monoisotopic (exact) mass is 555 g/mol. The van der Waals surface area contributed by atoms with Crippen molar-refractivity contribution in [3.8, 4) is 0 Å². The third-order valence-corrected chi connectivity index (χ3v) is 7.24. The van der Waals surface area contributed by atoms with Crippen LogP contribution in [-0.2, 0) is 10.5 Å². The van der Waals surface area contributed by atoms with Gasteiger partial charge in [0.05, 0.1) is 6.61 Å². The van der Waals surface area contributed by atoms with Crippen molar-refractivity contribution in [2.75, 3.05) is 12.3 Å². The lowest BCUT2D eigenvalue weighted by Crippen LogP contribution is -2.74. The number of nitrogens with two attached hydrogens (primary N) is 1. The molecule has 1 aliphatic heterocycles. The van der Waals surface area contributed by atoms with E-state index in [1.54, 1.807) is 18.2 Å². The third-order valence-electron chi connectivity index (χ3n) is 7.24. The van der Waals surface area contributed by atoms with Crippen molar-refractivity contribution in [3.63, 3.8) is 0 Å². The topological polar surface area (TPSA) is 182 Å². The van der Waals surface area contributed by atoms with Gasteiger partial charge < -0.3 is 25.8 Å². The average Bonchev–Trinajstić information content (AvgIpc) is 3.22. The molecule has 4 aromatic rings. The lowest BCUT2D eigenvalue weighted by molar-refractivity contribution is -0.149. The molecule has 2 heterocycles. The van der Waals surface area contributed by atoms with Crippen LogP contribution in [0.4, 0.5) is 5.82 Å². The Labute approximate surface area is 233 Å². The molecule has 0 spiro atoms. The van der Waals surface area contributed by atoms with Gasteiger partial charge in [0.1, 0.15) is 11.9 Å². The molecule has 11 nitrogen and oxygen atoms in total. The molecule has 208 valence electrons. The lowest BCUT2D eigenvalue weighted by Gasteiger charge is -2.43. The molecule has 0 amide bonds. The van der Waals surface area contributed by atoms with E-state index in [0.717, 1.165) is 12.3 Å². The predicted octanol–water partition coefficient (Wildman–Crippen LogP) is 0.980. The summed E-state index contributed by atoms with van der Waals surface area (Å²) < 4.78 is 6.49. The predicted molar refractivity (Wildman–Crippen MR) is 145 cm³/mol. The molecule has 3 aromatic carbocycles. The number of ketones is 3. The molecular weight excluding hydrogens is 530 g/mol. The quantitative estimate of drug-likeness (QED) is 0.229. The van der Waals surface area contributed by atoms with Crippen LogP contribution >= 0.6 is 0 Å². The van der Waals surface area contributed by atoms with Crippen molar-refractivity contribution in [2.45, 2.75) is 23.0 Å². The van der Waals surface area contributed by atoms with Gasteiger partial charge in [-0.05, 0) is 6.07 Å². The van der Waals surface area contributed by atoms with Crippen LogP contribution in [0.25, 0.3) is 0 Å². The van der Waals surface area contributed by atoms with Crippen molar-refractivity contribution < 1.29 is 34.4 Å². The second-order valence-electron chi connectivity index (χ2n) is 9.50. The molecule has 0 unspecified atom stereocenters. The zero-order chi connectivity index (χ0) is 29.4. The number of aliphatic hydroxyl groups is 3. The number of nitrogen functional groups attached to an aromatic ring is 1. The van der Waals surface area contributed by atoms with Crippen molar-refractivity contribution in [2.24, 2.45) is 0 Å². The number of aromatic nitrogens is 2. The first kappa shape index (κ1) is 27.7. The van der Waals surface area contributed by atoms with Crippen LogP contribution < -0.4 is 11.4 Å². The normalized spacial score (nSPS) is 25.5. The van der Waals surface area contributed by atoms with Crippen molar-refractivity contribution in [1.82, 2.24) is 9.55 Å². The number of carbonyl (C=O) groups excluding carboxylic acids is 3. The van der Waals surface area contributed by atoms with Gasteiger partial charge in [-0.15, -0.1) is 0 Å². The van der Waals surface area contributed by atoms with Gasteiger partial charge in [-0.25, -0.2) is 4.79 Å². The number of rotatable bonds is 8. The number of anilines is 1. The smallest absolute Gasteiger partial charge is 0.352 e. The van der Waals surface area contributed by atoms with Crippen LogP contribution in [0.3, 0.4) is 0 Å². The standard InChI is InChI=1S/C30H25N3O8/c31-23-16-17-33(27(38)32-23)30(26(37)21-14-8-3-9-15-21)29(40,25(36)20-12-6-2-7-13-20)28(39,22(18-34)41-30)24(35)19-10-4-1-5-11-19/h1-17,22,34,39-40H,18H2,(H2,31,32,38)/t22-,28+,29-,30-/m1/s1. The van der Waals surface area contributed by atoms with Crippen molar-refractivity contribution >= 4 is 23.2 Å². The van der Waals surface area contributed by atoms with E-state index in [2.05, 4.69) is 4.98 Å². The number of hydrogen-bond donors (Lipinski definition) is 4. The number of nitrogens with zero attached hydrogens (tertiary/aromatic N) is 2. The fraction of sp³-hybridized carbons (Fsp3) is 0.167. The van der Waals surface area contributed by atoms with Gasteiger partial charge >= 0.3 is 5.69 Å². The van der Waals surface area contributed by atoms with Crippen molar-refractivity contribution in [1.29, 1.82) is 0 Å². The van der Waals surface area contributed by atoms with Gasteiger partial charge in [-0.3, -0.25) is 19.0 Å². The summed E-state index contributed by atoms with van der Waals surface area (Å²) in [5.41, 5.74) is -6.09. The largest absolute Gasteiger partial charge is 0.394 e. The molecule has 0 saturated carbocycles. The van der Waals surface area contributed by atoms with E-state index < -0.39 is 52.7 Å². The summed E-state index contributed by atoms with van der Waals surface area (Å²) in [7, 11) is 0. The third kappa shape index (κ3) is 3.94. The molecule has 0 radical (unpaired) electrons. The highest BCUT2D eigenvalue weighted by Crippen LogP contribution is 2.53. The van der Waals surface area contributed by atoms with Crippen molar-refractivity contribution in [3.05, 3.63) is 130 Å². The molecule has 11 heteroatoms. The van der Waals surface area contributed by atoms with Crippen LogP contribution in [0.2, 0.25) is 0 Å². The second kappa shape index (κ2) is 10.3. The molecule has 4 atom stereocenters. The Morgan fingerprint density at radius 2 is 1.24 bits per heavy atom. The molecule has 1 fully saturated rings. The first-order chi connectivity index (χ1) is 19.6. The van der Waals surface area contributed by atoms with E-state index in [0.29, 0.717) is 4.57 Å². The van der Waals surface area contributed by atoms with Crippen LogP contribution in [0.15, 0.2) is 108 Å². The van der Waals surface area contributed by atoms with Gasteiger partial charge in [0.25, 0.3) is 5.72 Å². The Morgan fingerprint density at radius 1 is 0.780 bits per heavy atom. The zero-order valence-corrected chi connectivity index (χ0v) is 21.5. The highest BCUT2D eigenvalue weighted by Gasteiger charge is 2.82. The summed E-state index contributed by atoms with van der Waals surface area (Å²) in [6.45, 7) is -1.14. The molecule has 41 heavy (non-hydrogen) atoms. The van der Waals surface area contributed by atoms with Gasteiger partial charge in [0.2, 0.25) is 23.0 Å². The van der Waals surface area contributed by atoms with Gasteiger partial charge in [0, 0.05) is 22.9 Å². The highest BCUT2D eigenvalue weighted by molar-refractivity contribution is 6.18. The number of aliphatic hydroxyl groups excluding tert-OH is 1. The van der Waals surface area contributed by atoms with E-state index in [9.17, 15) is 34.5 Å². The Hall–Kier alpha value is -4.81.